The lowest BCUT2D eigenvalue weighted by Crippen LogP contribution is -2.49. The maximum atomic E-state index is 12.2. The fourth-order valence-electron chi connectivity index (χ4n) is 2.33. The maximum absolute atomic E-state index is 12.2. The van der Waals surface area contributed by atoms with Crippen molar-refractivity contribution >= 4 is 16.2 Å². The molecule has 2 unspecified atom stereocenters. The third kappa shape index (κ3) is 5.38. The summed E-state index contributed by atoms with van der Waals surface area (Å²) in [5, 5.41) is 9.01. The summed E-state index contributed by atoms with van der Waals surface area (Å²) in [6.45, 7) is 6.52. The van der Waals surface area contributed by atoms with Gasteiger partial charge in [0.25, 0.3) is 10.2 Å². The van der Waals surface area contributed by atoms with Crippen LogP contribution in [0.4, 0.5) is 0 Å². The molecule has 2 atom stereocenters. The molecule has 20 heavy (non-hydrogen) atoms. The number of hydrogen-bond acceptors (Lipinski definition) is 3. The van der Waals surface area contributed by atoms with E-state index in [2.05, 4.69) is 18.6 Å². The lowest BCUT2D eigenvalue weighted by molar-refractivity contribution is -0.142. The predicted octanol–water partition coefficient (Wildman–Crippen LogP) is 1.44. The molecular formula is C13H26N2O4S. The van der Waals surface area contributed by atoms with Crippen LogP contribution >= 0.6 is 0 Å². The van der Waals surface area contributed by atoms with Gasteiger partial charge in [0, 0.05) is 19.1 Å². The number of hydrogen-bond donors (Lipinski definition) is 2. The predicted molar refractivity (Wildman–Crippen MR) is 77.5 cm³/mol. The molecule has 0 bridgehead atoms. The second-order valence-electron chi connectivity index (χ2n) is 6.03. The van der Waals surface area contributed by atoms with Gasteiger partial charge >= 0.3 is 5.97 Å². The monoisotopic (exact) mass is 306 g/mol. The first-order valence-corrected chi connectivity index (χ1v) is 8.66. The summed E-state index contributed by atoms with van der Waals surface area (Å²) in [6, 6.07) is -0.132. The second-order valence-corrected chi connectivity index (χ2v) is 7.73. The van der Waals surface area contributed by atoms with Gasteiger partial charge in [0.1, 0.15) is 0 Å². The van der Waals surface area contributed by atoms with E-state index in [9.17, 15) is 13.2 Å². The van der Waals surface area contributed by atoms with Crippen LogP contribution in [0.1, 0.15) is 46.5 Å². The summed E-state index contributed by atoms with van der Waals surface area (Å²) in [5.74, 6) is -0.975. The van der Waals surface area contributed by atoms with Crippen LogP contribution in [-0.4, -0.2) is 42.9 Å². The van der Waals surface area contributed by atoms with Crippen molar-refractivity contribution in [3.05, 3.63) is 0 Å². The molecule has 0 saturated carbocycles. The molecule has 1 heterocycles. The van der Waals surface area contributed by atoms with E-state index in [4.69, 9.17) is 5.11 Å². The minimum absolute atomic E-state index is 0.0710. The molecule has 1 fully saturated rings. The maximum Gasteiger partial charge on any atom is 0.307 e. The van der Waals surface area contributed by atoms with Crippen molar-refractivity contribution in [3.8, 4) is 0 Å². The fourth-order valence-corrected chi connectivity index (χ4v) is 3.85. The summed E-state index contributed by atoms with van der Waals surface area (Å²) in [4.78, 5) is 11.0. The number of carbonyl (C=O) groups is 1. The highest BCUT2D eigenvalue weighted by atomic mass is 32.2. The van der Waals surface area contributed by atoms with Crippen molar-refractivity contribution in [1.82, 2.24) is 9.03 Å². The van der Waals surface area contributed by atoms with E-state index >= 15 is 0 Å². The number of rotatable bonds is 7. The van der Waals surface area contributed by atoms with E-state index in [-0.39, 0.29) is 12.6 Å². The van der Waals surface area contributed by atoms with Crippen molar-refractivity contribution in [3.63, 3.8) is 0 Å². The van der Waals surface area contributed by atoms with Gasteiger partial charge in [-0.1, -0.05) is 13.8 Å². The topological polar surface area (TPSA) is 86.7 Å². The summed E-state index contributed by atoms with van der Waals surface area (Å²) in [6.07, 6.45) is 2.89. The van der Waals surface area contributed by atoms with Gasteiger partial charge < -0.3 is 5.11 Å². The van der Waals surface area contributed by atoms with Gasteiger partial charge in [-0.3, -0.25) is 4.79 Å². The van der Waals surface area contributed by atoms with Crippen LogP contribution in [0, 0.1) is 11.8 Å². The van der Waals surface area contributed by atoms with E-state index in [0.717, 1.165) is 12.8 Å². The molecule has 1 saturated heterocycles. The van der Waals surface area contributed by atoms with Gasteiger partial charge in [-0.05, 0) is 38.5 Å². The number of piperidine rings is 1. The third-order valence-electron chi connectivity index (χ3n) is 3.60. The molecule has 0 aromatic carbocycles. The molecule has 7 heteroatoms. The van der Waals surface area contributed by atoms with Crippen LogP contribution in [0.2, 0.25) is 0 Å². The molecule has 0 amide bonds. The molecule has 1 rings (SSSR count). The molecule has 0 aromatic rings. The summed E-state index contributed by atoms with van der Waals surface area (Å²) >= 11 is 0. The van der Waals surface area contributed by atoms with E-state index < -0.39 is 22.1 Å². The Morgan fingerprint density at radius 2 is 2.00 bits per heavy atom. The Labute approximate surface area is 121 Å². The Morgan fingerprint density at radius 3 is 2.55 bits per heavy atom. The number of nitrogens with one attached hydrogen (secondary N) is 1. The number of nitrogens with zero attached hydrogens (tertiary/aromatic N) is 1. The molecule has 2 N–H and O–H groups in total. The van der Waals surface area contributed by atoms with Crippen molar-refractivity contribution in [1.29, 1.82) is 0 Å². The van der Waals surface area contributed by atoms with Gasteiger partial charge in [0.2, 0.25) is 0 Å². The summed E-state index contributed by atoms with van der Waals surface area (Å²) in [7, 11) is -3.58. The molecule has 0 radical (unpaired) electrons. The van der Waals surface area contributed by atoms with Crippen LogP contribution in [0.3, 0.4) is 0 Å². The van der Waals surface area contributed by atoms with Crippen LogP contribution in [-0.2, 0) is 15.0 Å². The molecular weight excluding hydrogens is 280 g/mol. The highest BCUT2D eigenvalue weighted by Gasteiger charge is 2.32. The first-order chi connectivity index (χ1) is 9.22. The van der Waals surface area contributed by atoms with Gasteiger partial charge in [-0.25, -0.2) is 0 Å². The van der Waals surface area contributed by atoms with Gasteiger partial charge in [0.15, 0.2) is 0 Å². The average molecular weight is 306 g/mol. The van der Waals surface area contributed by atoms with Crippen molar-refractivity contribution in [2.75, 3.05) is 13.1 Å². The molecule has 0 spiro atoms. The summed E-state index contributed by atoms with van der Waals surface area (Å²) < 4.78 is 28.4. The zero-order chi connectivity index (χ0) is 15.3. The Bertz CT molecular complexity index is 422. The van der Waals surface area contributed by atoms with Crippen LogP contribution in [0.15, 0.2) is 0 Å². The van der Waals surface area contributed by atoms with Gasteiger partial charge in [0.05, 0.1) is 5.92 Å². The van der Waals surface area contributed by atoms with Gasteiger partial charge in [-0.2, -0.15) is 17.4 Å². The Hall–Kier alpha value is -0.660. The third-order valence-corrected chi connectivity index (χ3v) is 5.31. The van der Waals surface area contributed by atoms with Crippen molar-refractivity contribution in [2.45, 2.75) is 52.5 Å². The van der Waals surface area contributed by atoms with Crippen LogP contribution in [0.25, 0.3) is 0 Å². The molecule has 118 valence electrons. The fraction of sp³-hybridized carbons (Fsp3) is 0.923. The Balaban J connectivity index is 2.57. The normalized spacial score (nSPS) is 22.9. The smallest absolute Gasteiger partial charge is 0.307 e. The minimum Gasteiger partial charge on any atom is -0.481 e. The summed E-state index contributed by atoms with van der Waals surface area (Å²) in [5.41, 5.74) is 0. The lowest BCUT2D eigenvalue weighted by Gasteiger charge is -2.31. The van der Waals surface area contributed by atoms with E-state index in [1.54, 1.807) is 0 Å². The van der Waals surface area contributed by atoms with Gasteiger partial charge in [-0.15, -0.1) is 0 Å². The number of carboxylic acids is 1. The standard InChI is InChI=1S/C13H26N2O4S/c1-10(2)6-7-11(3)14-20(18,19)15-8-4-5-12(9-15)13(16)17/h10-12,14H,4-9H2,1-3H3,(H,16,17). The quantitative estimate of drug-likeness (QED) is 0.745. The highest BCUT2D eigenvalue weighted by molar-refractivity contribution is 7.87. The van der Waals surface area contributed by atoms with Crippen LogP contribution < -0.4 is 4.72 Å². The molecule has 6 nitrogen and oxygen atoms in total. The molecule has 0 aromatic heterocycles. The molecule has 1 aliphatic heterocycles. The Kier molecular flexibility index (Phi) is 6.42. The second kappa shape index (κ2) is 7.38. The van der Waals surface area contributed by atoms with E-state index in [0.29, 0.717) is 25.3 Å². The molecule has 1 aliphatic rings. The number of aliphatic carboxylic acids is 1. The first kappa shape index (κ1) is 17.4. The van der Waals surface area contributed by atoms with Crippen molar-refractivity contribution < 1.29 is 18.3 Å². The SMILES string of the molecule is CC(C)CCC(C)NS(=O)(=O)N1CCCC(C(=O)O)C1. The Morgan fingerprint density at radius 1 is 1.35 bits per heavy atom. The zero-order valence-electron chi connectivity index (χ0n) is 12.5. The highest BCUT2D eigenvalue weighted by Crippen LogP contribution is 2.19. The average Bonchev–Trinajstić information content (AvgIpc) is 2.36. The largest absolute Gasteiger partial charge is 0.481 e. The molecule has 0 aliphatic carbocycles. The number of carboxylic acid groups (broad SMARTS) is 1. The lowest BCUT2D eigenvalue weighted by atomic mass is 10.0. The van der Waals surface area contributed by atoms with E-state index in [1.807, 2.05) is 6.92 Å². The van der Waals surface area contributed by atoms with Crippen LogP contribution in [0.5, 0.6) is 0 Å². The van der Waals surface area contributed by atoms with Crippen molar-refractivity contribution in [2.24, 2.45) is 11.8 Å². The van der Waals surface area contributed by atoms with E-state index in [1.165, 1.54) is 4.31 Å². The minimum atomic E-state index is -3.58. The first-order valence-electron chi connectivity index (χ1n) is 7.22. The zero-order valence-corrected chi connectivity index (χ0v) is 13.3.